The minimum Gasteiger partial charge on any atom is -0.234 e. The molecule has 0 spiro atoms. The van der Waals surface area contributed by atoms with E-state index >= 15 is 0 Å². The number of anilines is 1. The van der Waals surface area contributed by atoms with Gasteiger partial charge in [0.2, 0.25) is 0 Å². The molecule has 0 aliphatic heterocycles. The van der Waals surface area contributed by atoms with E-state index in [1.165, 1.54) is 12.3 Å². The summed E-state index contributed by atoms with van der Waals surface area (Å²) < 4.78 is 0. The summed E-state index contributed by atoms with van der Waals surface area (Å²) in [7, 11) is 0. The molecule has 0 unspecified atom stereocenters. The molecular formula is C6H6ClN3O2. The third-order valence-corrected chi connectivity index (χ3v) is 1.65. The SMILES string of the molecule is Cc1cnc(N[N+](=O)[O-])cc1Cl. The highest BCUT2D eigenvalue weighted by Gasteiger charge is 2.02. The van der Waals surface area contributed by atoms with Gasteiger partial charge in [0.05, 0.1) is 0 Å². The molecule has 0 bridgehead atoms. The van der Waals surface area contributed by atoms with Crippen LogP contribution >= 0.6 is 11.6 Å². The molecule has 1 rings (SSSR count). The third-order valence-electron chi connectivity index (χ3n) is 1.24. The van der Waals surface area contributed by atoms with E-state index in [0.29, 0.717) is 5.02 Å². The first-order chi connectivity index (χ1) is 5.59. The van der Waals surface area contributed by atoms with Crippen molar-refractivity contribution < 1.29 is 5.03 Å². The Morgan fingerprint density at radius 1 is 1.75 bits per heavy atom. The number of halogens is 1. The number of nitrogens with one attached hydrogen (secondary N) is 1. The van der Waals surface area contributed by atoms with Crippen LogP contribution in [0.25, 0.3) is 0 Å². The standard InChI is InChI=1S/C6H6ClN3O2/c1-4-3-8-6(2-5(4)7)9-10(11)12/h2-3H,1H3,(H,8,9). The average molecular weight is 188 g/mol. The molecule has 0 radical (unpaired) electrons. The third kappa shape index (κ3) is 2.06. The van der Waals surface area contributed by atoms with E-state index in [2.05, 4.69) is 4.98 Å². The maximum absolute atomic E-state index is 9.98. The van der Waals surface area contributed by atoms with Gasteiger partial charge >= 0.3 is 0 Å². The quantitative estimate of drug-likeness (QED) is 0.565. The highest BCUT2D eigenvalue weighted by atomic mass is 35.5. The molecule has 0 atom stereocenters. The monoisotopic (exact) mass is 187 g/mol. The molecule has 0 saturated carbocycles. The summed E-state index contributed by atoms with van der Waals surface area (Å²) >= 11 is 5.69. The Balaban J connectivity index is 2.89. The van der Waals surface area contributed by atoms with Gasteiger partial charge in [-0.25, -0.2) is 15.1 Å². The van der Waals surface area contributed by atoms with E-state index in [1.807, 2.05) is 5.43 Å². The summed E-state index contributed by atoms with van der Waals surface area (Å²) in [4.78, 5) is 13.7. The van der Waals surface area contributed by atoms with Crippen molar-refractivity contribution >= 4 is 17.4 Å². The van der Waals surface area contributed by atoms with Crippen LogP contribution in [0.5, 0.6) is 0 Å². The molecule has 1 aromatic rings. The van der Waals surface area contributed by atoms with Gasteiger partial charge in [-0.1, -0.05) is 17.0 Å². The van der Waals surface area contributed by atoms with Crippen LogP contribution in [0, 0.1) is 17.0 Å². The Morgan fingerprint density at radius 3 is 2.92 bits per heavy atom. The highest BCUT2D eigenvalue weighted by molar-refractivity contribution is 6.31. The molecule has 12 heavy (non-hydrogen) atoms. The zero-order valence-electron chi connectivity index (χ0n) is 6.24. The molecule has 1 heterocycles. The number of hydrogen-bond donors (Lipinski definition) is 1. The summed E-state index contributed by atoms with van der Waals surface area (Å²) in [5.74, 6) is 0.135. The molecule has 0 aliphatic rings. The minimum absolute atomic E-state index is 0.135. The fourth-order valence-electron chi connectivity index (χ4n) is 0.654. The summed E-state index contributed by atoms with van der Waals surface area (Å²) in [5.41, 5.74) is 2.68. The van der Waals surface area contributed by atoms with Crippen LogP contribution in [0.1, 0.15) is 5.56 Å². The van der Waals surface area contributed by atoms with Crippen LogP contribution < -0.4 is 5.43 Å². The van der Waals surface area contributed by atoms with Gasteiger partial charge in [-0.15, -0.1) is 0 Å². The van der Waals surface area contributed by atoms with Gasteiger partial charge in [0.25, 0.3) is 0 Å². The first-order valence-corrected chi connectivity index (χ1v) is 3.50. The first kappa shape index (κ1) is 8.73. The summed E-state index contributed by atoms with van der Waals surface area (Å²) in [6.45, 7) is 1.77. The molecule has 0 saturated heterocycles. The largest absolute Gasteiger partial charge is 0.234 e. The van der Waals surface area contributed by atoms with Crippen LogP contribution in [0.15, 0.2) is 12.3 Å². The molecule has 1 N–H and O–H groups in total. The van der Waals surface area contributed by atoms with E-state index in [9.17, 15) is 10.1 Å². The van der Waals surface area contributed by atoms with Crippen molar-refractivity contribution in [3.63, 3.8) is 0 Å². The second kappa shape index (κ2) is 3.36. The molecule has 0 aromatic carbocycles. The Hall–Kier alpha value is -1.36. The van der Waals surface area contributed by atoms with E-state index in [4.69, 9.17) is 11.6 Å². The maximum Gasteiger partial charge on any atom is 0.192 e. The molecule has 0 aliphatic carbocycles. The number of hydrazine groups is 1. The number of nitro groups is 1. The van der Waals surface area contributed by atoms with Gasteiger partial charge in [-0.2, -0.15) is 0 Å². The van der Waals surface area contributed by atoms with Crippen molar-refractivity contribution in [3.8, 4) is 0 Å². The van der Waals surface area contributed by atoms with E-state index in [1.54, 1.807) is 6.92 Å². The van der Waals surface area contributed by atoms with Crippen molar-refractivity contribution in [1.29, 1.82) is 0 Å². The lowest BCUT2D eigenvalue weighted by Gasteiger charge is -1.98. The smallest absolute Gasteiger partial charge is 0.192 e. The Morgan fingerprint density at radius 2 is 2.42 bits per heavy atom. The molecule has 1 aromatic heterocycles. The van der Waals surface area contributed by atoms with Crippen LogP contribution in [0.2, 0.25) is 5.02 Å². The van der Waals surface area contributed by atoms with E-state index in [0.717, 1.165) is 5.56 Å². The van der Waals surface area contributed by atoms with Crippen molar-refractivity contribution in [3.05, 3.63) is 33.0 Å². The second-order valence-corrected chi connectivity index (χ2v) is 2.59. The Kier molecular flexibility index (Phi) is 2.44. The topological polar surface area (TPSA) is 68.1 Å². The van der Waals surface area contributed by atoms with Gasteiger partial charge in [-0.05, 0) is 12.5 Å². The number of pyridine rings is 1. The fourth-order valence-corrected chi connectivity index (χ4v) is 0.806. The van der Waals surface area contributed by atoms with Crippen LogP contribution in [0.4, 0.5) is 5.82 Å². The lowest BCUT2D eigenvalue weighted by molar-refractivity contribution is -0.445. The van der Waals surface area contributed by atoms with Crippen LogP contribution in [-0.4, -0.2) is 10.0 Å². The predicted molar refractivity (Wildman–Crippen MR) is 44.6 cm³/mol. The number of hydrogen-bond acceptors (Lipinski definition) is 3. The van der Waals surface area contributed by atoms with E-state index < -0.39 is 5.03 Å². The van der Waals surface area contributed by atoms with Gasteiger partial charge < -0.3 is 0 Å². The Bertz CT molecular complexity index is 316. The molecular weight excluding hydrogens is 182 g/mol. The molecule has 64 valence electrons. The van der Waals surface area contributed by atoms with Crippen molar-refractivity contribution in [2.24, 2.45) is 0 Å². The molecule has 0 amide bonds. The fraction of sp³-hybridized carbons (Fsp3) is 0.167. The zero-order chi connectivity index (χ0) is 9.14. The van der Waals surface area contributed by atoms with Gasteiger partial charge in [0.1, 0.15) is 0 Å². The first-order valence-electron chi connectivity index (χ1n) is 3.13. The van der Waals surface area contributed by atoms with Crippen molar-refractivity contribution in [1.82, 2.24) is 4.98 Å². The molecule has 5 nitrogen and oxygen atoms in total. The van der Waals surface area contributed by atoms with Crippen LogP contribution in [-0.2, 0) is 0 Å². The van der Waals surface area contributed by atoms with Crippen molar-refractivity contribution in [2.75, 3.05) is 5.43 Å². The number of aryl methyl sites for hydroxylation is 1. The second-order valence-electron chi connectivity index (χ2n) is 2.19. The van der Waals surface area contributed by atoms with Gasteiger partial charge in [0.15, 0.2) is 10.9 Å². The number of nitrogens with zero attached hydrogens (tertiary/aromatic N) is 2. The zero-order valence-corrected chi connectivity index (χ0v) is 7.00. The minimum atomic E-state index is -0.687. The van der Waals surface area contributed by atoms with E-state index in [-0.39, 0.29) is 5.82 Å². The normalized spacial score (nSPS) is 9.50. The summed E-state index contributed by atoms with van der Waals surface area (Å²) in [5, 5.41) is 9.74. The predicted octanol–water partition coefficient (Wildman–Crippen LogP) is 1.65. The van der Waals surface area contributed by atoms with Gasteiger partial charge in [0, 0.05) is 17.3 Å². The Labute approximate surface area is 73.5 Å². The molecule has 6 heteroatoms. The average Bonchev–Trinajstić information content (AvgIpc) is 1.96. The maximum atomic E-state index is 9.98. The number of aromatic nitrogens is 1. The van der Waals surface area contributed by atoms with Crippen LogP contribution in [0.3, 0.4) is 0 Å². The van der Waals surface area contributed by atoms with Gasteiger partial charge in [-0.3, -0.25) is 0 Å². The summed E-state index contributed by atoms with van der Waals surface area (Å²) in [6, 6.07) is 1.40. The lowest BCUT2D eigenvalue weighted by atomic mass is 10.3. The lowest BCUT2D eigenvalue weighted by Crippen LogP contribution is -2.09. The van der Waals surface area contributed by atoms with Crippen molar-refractivity contribution in [2.45, 2.75) is 6.92 Å². The number of rotatable bonds is 2. The highest BCUT2D eigenvalue weighted by Crippen LogP contribution is 2.16. The molecule has 0 fully saturated rings. The summed E-state index contributed by atoms with van der Waals surface area (Å²) in [6.07, 6.45) is 1.47.